The van der Waals surface area contributed by atoms with Crippen LogP contribution in [0.1, 0.15) is 34.0 Å². The predicted molar refractivity (Wildman–Crippen MR) is 109 cm³/mol. The average molecular weight is 399 g/mol. The van der Waals surface area contributed by atoms with E-state index in [0.717, 1.165) is 17.1 Å². The highest BCUT2D eigenvalue weighted by molar-refractivity contribution is 7.09. The van der Waals surface area contributed by atoms with E-state index in [2.05, 4.69) is 17.1 Å². The lowest BCUT2D eigenvalue weighted by atomic mass is 9.89. The Morgan fingerprint density at radius 2 is 1.93 bits per heavy atom. The van der Waals surface area contributed by atoms with Crippen LogP contribution in [-0.2, 0) is 11.3 Å². The number of fused-ring (bicyclic) bond motifs is 1. The van der Waals surface area contributed by atoms with Gasteiger partial charge in [0.15, 0.2) is 0 Å². The lowest BCUT2D eigenvalue weighted by molar-refractivity contribution is -0.130. The molecule has 6 nitrogen and oxygen atoms in total. The smallest absolute Gasteiger partial charge is 0.273 e. The van der Waals surface area contributed by atoms with Gasteiger partial charge in [-0.3, -0.25) is 9.59 Å². The van der Waals surface area contributed by atoms with Crippen molar-refractivity contribution in [1.82, 2.24) is 19.7 Å². The number of carbonyl (C=O) groups is 2. The van der Waals surface area contributed by atoms with Crippen molar-refractivity contribution in [3.63, 3.8) is 0 Å². The zero-order chi connectivity index (χ0) is 19.8. The zero-order valence-electron chi connectivity index (χ0n) is 16.5. The largest absolute Gasteiger partial charge is 0.337 e. The summed E-state index contributed by atoms with van der Waals surface area (Å²) in [7, 11) is 3.99. The SMILES string of the molecule is CC(=O)N1C[C@H]2CN(C(=O)c3csc(CN(C)C)n3)C[C@H]2[C@@H]1c1ccccc1. The van der Waals surface area contributed by atoms with E-state index >= 15 is 0 Å². The molecule has 3 atom stereocenters. The van der Waals surface area contributed by atoms with Crippen molar-refractivity contribution in [3.05, 3.63) is 52.0 Å². The molecule has 0 radical (unpaired) electrons. The van der Waals surface area contributed by atoms with Crippen molar-refractivity contribution in [2.75, 3.05) is 33.7 Å². The van der Waals surface area contributed by atoms with Gasteiger partial charge in [0.05, 0.1) is 6.04 Å². The molecule has 1 aromatic heterocycles. The molecule has 0 spiro atoms. The molecule has 2 saturated heterocycles. The molecule has 148 valence electrons. The van der Waals surface area contributed by atoms with E-state index in [1.54, 1.807) is 6.92 Å². The van der Waals surface area contributed by atoms with Gasteiger partial charge >= 0.3 is 0 Å². The van der Waals surface area contributed by atoms with E-state index < -0.39 is 0 Å². The summed E-state index contributed by atoms with van der Waals surface area (Å²) in [6.45, 7) is 4.46. The molecule has 28 heavy (non-hydrogen) atoms. The minimum Gasteiger partial charge on any atom is -0.337 e. The normalized spacial score (nSPS) is 24.1. The van der Waals surface area contributed by atoms with E-state index in [0.29, 0.717) is 31.2 Å². The maximum atomic E-state index is 13.0. The molecule has 0 bridgehead atoms. The van der Waals surface area contributed by atoms with Crippen LogP contribution >= 0.6 is 11.3 Å². The van der Waals surface area contributed by atoms with E-state index in [1.807, 2.05) is 52.4 Å². The fourth-order valence-corrected chi connectivity index (χ4v) is 5.41. The third-order valence-electron chi connectivity index (χ3n) is 5.72. The van der Waals surface area contributed by atoms with Gasteiger partial charge < -0.3 is 14.7 Å². The highest BCUT2D eigenvalue weighted by Crippen LogP contribution is 2.45. The van der Waals surface area contributed by atoms with Crippen molar-refractivity contribution in [1.29, 1.82) is 0 Å². The minimum atomic E-state index is 0.0110. The summed E-state index contributed by atoms with van der Waals surface area (Å²) in [6, 6.07) is 10.2. The van der Waals surface area contributed by atoms with Crippen LogP contribution in [0.25, 0.3) is 0 Å². The number of hydrogen-bond acceptors (Lipinski definition) is 5. The first-order valence-electron chi connectivity index (χ1n) is 9.64. The first-order valence-corrected chi connectivity index (χ1v) is 10.5. The van der Waals surface area contributed by atoms with Crippen molar-refractivity contribution in [3.8, 4) is 0 Å². The van der Waals surface area contributed by atoms with Gasteiger partial charge in [-0.05, 0) is 19.7 Å². The maximum absolute atomic E-state index is 13.0. The van der Waals surface area contributed by atoms with Gasteiger partial charge in [0.25, 0.3) is 5.91 Å². The van der Waals surface area contributed by atoms with Gasteiger partial charge in [0, 0.05) is 50.3 Å². The Balaban J connectivity index is 1.52. The van der Waals surface area contributed by atoms with E-state index in [9.17, 15) is 9.59 Å². The second kappa shape index (κ2) is 7.64. The lowest BCUT2D eigenvalue weighted by Crippen LogP contribution is -2.36. The van der Waals surface area contributed by atoms with Gasteiger partial charge in [-0.15, -0.1) is 11.3 Å². The van der Waals surface area contributed by atoms with Crippen LogP contribution in [0.2, 0.25) is 0 Å². The second-order valence-corrected chi connectivity index (χ2v) is 8.97. The van der Waals surface area contributed by atoms with Gasteiger partial charge in [-0.25, -0.2) is 4.98 Å². The summed E-state index contributed by atoms with van der Waals surface area (Å²) in [5.74, 6) is 0.707. The molecule has 2 aromatic rings. The van der Waals surface area contributed by atoms with Crippen LogP contribution in [0.3, 0.4) is 0 Å². The summed E-state index contributed by atoms with van der Waals surface area (Å²) in [5, 5.41) is 2.82. The molecule has 7 heteroatoms. The average Bonchev–Trinajstić information content (AvgIpc) is 3.35. The first kappa shape index (κ1) is 19.1. The first-order chi connectivity index (χ1) is 13.4. The fraction of sp³-hybridized carbons (Fsp3) is 0.476. The lowest BCUT2D eigenvalue weighted by Gasteiger charge is -2.29. The van der Waals surface area contributed by atoms with Crippen molar-refractivity contribution < 1.29 is 9.59 Å². The number of benzene rings is 1. The number of nitrogens with zero attached hydrogens (tertiary/aromatic N) is 4. The zero-order valence-corrected chi connectivity index (χ0v) is 17.4. The Morgan fingerprint density at radius 3 is 2.61 bits per heavy atom. The molecular formula is C21H26N4O2S. The van der Waals surface area contributed by atoms with Crippen molar-refractivity contribution >= 4 is 23.2 Å². The molecule has 2 amide bonds. The molecule has 4 rings (SSSR count). The van der Waals surface area contributed by atoms with Crippen LogP contribution < -0.4 is 0 Å². The standard InChI is InChI=1S/C21H26N4O2S/c1-14(26)25-10-16-9-24(11-17(16)20(25)15-7-5-4-6-8-15)21(27)18-13-28-19(22-18)12-23(2)3/h4-8,13,16-17,20H,9-12H2,1-3H3/t16-,17-,20+/m1/s1. The van der Waals surface area contributed by atoms with Gasteiger partial charge in [0.1, 0.15) is 10.7 Å². The third kappa shape index (κ3) is 3.56. The molecule has 1 aromatic carbocycles. The summed E-state index contributed by atoms with van der Waals surface area (Å²) in [4.78, 5) is 35.7. The van der Waals surface area contributed by atoms with Crippen LogP contribution in [0.4, 0.5) is 0 Å². The van der Waals surface area contributed by atoms with E-state index in [-0.39, 0.29) is 23.8 Å². The number of likely N-dealkylation sites (tertiary alicyclic amines) is 2. The number of thiazole rings is 1. The molecule has 0 aliphatic carbocycles. The Morgan fingerprint density at radius 1 is 1.18 bits per heavy atom. The molecule has 2 fully saturated rings. The molecule has 0 unspecified atom stereocenters. The maximum Gasteiger partial charge on any atom is 0.273 e. The molecule has 0 saturated carbocycles. The number of aromatic nitrogens is 1. The monoisotopic (exact) mass is 398 g/mol. The van der Waals surface area contributed by atoms with Gasteiger partial charge in [-0.1, -0.05) is 30.3 Å². The van der Waals surface area contributed by atoms with E-state index in [1.165, 1.54) is 11.3 Å². The van der Waals surface area contributed by atoms with Crippen LogP contribution in [-0.4, -0.2) is 65.2 Å². The number of rotatable bonds is 4. The number of amides is 2. The summed E-state index contributed by atoms with van der Waals surface area (Å²) < 4.78 is 0. The van der Waals surface area contributed by atoms with E-state index in [4.69, 9.17) is 0 Å². The number of hydrogen-bond donors (Lipinski definition) is 0. The second-order valence-electron chi connectivity index (χ2n) is 8.03. The Kier molecular flexibility index (Phi) is 5.21. The van der Waals surface area contributed by atoms with Crippen LogP contribution in [0, 0.1) is 11.8 Å². The highest BCUT2D eigenvalue weighted by Gasteiger charge is 2.49. The summed E-state index contributed by atoms with van der Waals surface area (Å²) >= 11 is 1.53. The molecule has 0 N–H and O–H groups in total. The third-order valence-corrected chi connectivity index (χ3v) is 6.55. The van der Waals surface area contributed by atoms with Gasteiger partial charge in [0.2, 0.25) is 5.91 Å². The highest BCUT2D eigenvalue weighted by atomic mass is 32.1. The Hall–Kier alpha value is -2.25. The molecule has 2 aliphatic rings. The Bertz CT molecular complexity index is 866. The summed E-state index contributed by atoms with van der Waals surface area (Å²) in [6.07, 6.45) is 0. The minimum absolute atomic E-state index is 0.0110. The molecule has 3 heterocycles. The topological polar surface area (TPSA) is 56.8 Å². The Labute approximate surface area is 169 Å². The molecule has 2 aliphatic heterocycles. The van der Waals surface area contributed by atoms with Gasteiger partial charge in [-0.2, -0.15) is 0 Å². The number of carbonyl (C=O) groups excluding carboxylic acids is 2. The van der Waals surface area contributed by atoms with Crippen LogP contribution in [0.5, 0.6) is 0 Å². The van der Waals surface area contributed by atoms with Crippen molar-refractivity contribution in [2.45, 2.75) is 19.5 Å². The van der Waals surface area contributed by atoms with Crippen LogP contribution in [0.15, 0.2) is 35.7 Å². The molecular weight excluding hydrogens is 372 g/mol. The fourth-order valence-electron chi connectivity index (χ4n) is 4.53. The van der Waals surface area contributed by atoms with Crippen molar-refractivity contribution in [2.24, 2.45) is 11.8 Å². The summed E-state index contributed by atoms with van der Waals surface area (Å²) in [5.41, 5.74) is 1.70. The predicted octanol–water partition coefficient (Wildman–Crippen LogP) is 2.50. The quantitative estimate of drug-likeness (QED) is 0.794.